The van der Waals surface area contributed by atoms with Crippen LogP contribution < -0.4 is 15.5 Å². The van der Waals surface area contributed by atoms with Crippen molar-refractivity contribution in [1.29, 1.82) is 0 Å². The third kappa shape index (κ3) is 3.76. The second-order valence-electron chi connectivity index (χ2n) is 5.83. The lowest BCUT2D eigenvalue weighted by Gasteiger charge is -2.16. The summed E-state index contributed by atoms with van der Waals surface area (Å²) in [4.78, 5) is 25.9. The van der Waals surface area contributed by atoms with Crippen LogP contribution in [0.25, 0.3) is 0 Å². The zero-order chi connectivity index (χ0) is 18.0. The van der Waals surface area contributed by atoms with E-state index in [0.29, 0.717) is 19.5 Å². The van der Waals surface area contributed by atoms with Gasteiger partial charge < -0.3 is 15.5 Å². The normalized spacial score (nSPS) is 16.8. The molecule has 0 saturated carbocycles. The number of para-hydroxylation sites is 1. The minimum Gasteiger partial charge on any atom is -0.367 e. The molecule has 1 aromatic heterocycles. The number of nitrogens with one attached hydrogen (secondary N) is 2. The summed E-state index contributed by atoms with van der Waals surface area (Å²) in [7, 11) is 1.81. The second kappa shape index (κ2) is 6.88. The van der Waals surface area contributed by atoms with E-state index < -0.39 is 29.1 Å². The van der Waals surface area contributed by atoms with E-state index in [1.54, 1.807) is 10.9 Å². The number of carbonyl (C=O) groups is 2. The van der Waals surface area contributed by atoms with E-state index in [1.165, 1.54) is 6.07 Å². The van der Waals surface area contributed by atoms with Crippen LogP contribution in [0.3, 0.4) is 0 Å². The van der Waals surface area contributed by atoms with Crippen LogP contribution >= 0.6 is 0 Å². The molecule has 1 fully saturated rings. The highest BCUT2D eigenvalue weighted by molar-refractivity contribution is 6.39. The third-order valence-electron chi connectivity index (χ3n) is 3.99. The maximum atomic E-state index is 13.5. The lowest BCUT2D eigenvalue weighted by Crippen LogP contribution is -2.43. The number of benzene rings is 1. The molecule has 7 nitrogen and oxygen atoms in total. The number of hydrogen-bond acceptors (Lipinski definition) is 4. The molecule has 1 atom stereocenters. The first-order valence-electron chi connectivity index (χ1n) is 7.73. The summed E-state index contributed by atoms with van der Waals surface area (Å²) in [5.74, 6) is -3.92. The topological polar surface area (TPSA) is 79.3 Å². The van der Waals surface area contributed by atoms with Gasteiger partial charge in [0.25, 0.3) is 0 Å². The molecule has 0 unspecified atom stereocenters. The van der Waals surface area contributed by atoms with Crippen LogP contribution in [-0.4, -0.2) is 40.7 Å². The van der Waals surface area contributed by atoms with Crippen molar-refractivity contribution >= 4 is 23.2 Å². The largest absolute Gasteiger partial charge is 0.367 e. The highest BCUT2D eigenvalue weighted by atomic mass is 19.1. The number of anilines is 2. The molecule has 3 rings (SSSR count). The summed E-state index contributed by atoms with van der Waals surface area (Å²) in [6, 6.07) is 2.94. The minimum atomic E-state index is -1.11. The fraction of sp³-hybridized carbons (Fsp3) is 0.312. The van der Waals surface area contributed by atoms with Gasteiger partial charge in [-0.05, 0) is 18.6 Å². The van der Waals surface area contributed by atoms with E-state index in [-0.39, 0.29) is 6.04 Å². The van der Waals surface area contributed by atoms with Gasteiger partial charge in [-0.15, -0.1) is 0 Å². The molecule has 0 spiro atoms. The standard InChI is InChI=1S/C16H17F2N5O2/c1-22-9-11(7-19-22)23-6-5-10(8-23)20-15(24)16(25)21-14-12(17)3-2-4-13(14)18/h2-4,7,9-10H,5-6,8H2,1H3,(H,20,24)(H,21,25)/t10-/m1/s1. The number of nitrogens with zero attached hydrogens (tertiary/aromatic N) is 3. The molecule has 1 saturated heterocycles. The van der Waals surface area contributed by atoms with E-state index in [4.69, 9.17) is 0 Å². The number of aromatic nitrogens is 2. The second-order valence-corrected chi connectivity index (χ2v) is 5.83. The van der Waals surface area contributed by atoms with Gasteiger partial charge in [-0.2, -0.15) is 5.10 Å². The molecule has 1 aromatic carbocycles. The first kappa shape index (κ1) is 16.9. The molecular weight excluding hydrogens is 332 g/mol. The molecule has 25 heavy (non-hydrogen) atoms. The molecule has 132 valence electrons. The first-order valence-corrected chi connectivity index (χ1v) is 7.73. The Morgan fingerprint density at radius 2 is 1.96 bits per heavy atom. The van der Waals surface area contributed by atoms with Crippen molar-refractivity contribution in [3.8, 4) is 0 Å². The lowest BCUT2D eigenvalue weighted by molar-refractivity contribution is -0.136. The van der Waals surface area contributed by atoms with Crippen molar-refractivity contribution in [2.75, 3.05) is 23.3 Å². The Morgan fingerprint density at radius 3 is 2.60 bits per heavy atom. The summed E-state index contributed by atoms with van der Waals surface area (Å²) in [5.41, 5.74) is 0.295. The fourth-order valence-corrected chi connectivity index (χ4v) is 2.72. The maximum Gasteiger partial charge on any atom is 0.313 e. The lowest BCUT2D eigenvalue weighted by atomic mass is 10.2. The van der Waals surface area contributed by atoms with Crippen molar-refractivity contribution in [3.05, 3.63) is 42.2 Å². The van der Waals surface area contributed by atoms with Crippen LogP contribution in [0.5, 0.6) is 0 Å². The zero-order valence-electron chi connectivity index (χ0n) is 13.5. The molecule has 0 bridgehead atoms. The van der Waals surface area contributed by atoms with E-state index in [9.17, 15) is 18.4 Å². The highest BCUT2D eigenvalue weighted by Gasteiger charge is 2.27. The molecule has 0 radical (unpaired) electrons. The number of halogens is 2. The molecule has 9 heteroatoms. The summed E-state index contributed by atoms with van der Waals surface area (Å²) in [6.45, 7) is 1.24. The van der Waals surface area contributed by atoms with Crippen molar-refractivity contribution in [3.63, 3.8) is 0 Å². The van der Waals surface area contributed by atoms with Gasteiger partial charge in [-0.3, -0.25) is 14.3 Å². The number of aryl methyl sites for hydroxylation is 1. The van der Waals surface area contributed by atoms with Crippen LogP contribution in [0.2, 0.25) is 0 Å². The summed E-state index contributed by atoms with van der Waals surface area (Å²) < 4.78 is 28.7. The average molecular weight is 349 g/mol. The van der Waals surface area contributed by atoms with Gasteiger partial charge in [0.1, 0.15) is 17.3 Å². The minimum absolute atomic E-state index is 0.232. The quantitative estimate of drug-likeness (QED) is 0.812. The molecule has 2 amide bonds. The van der Waals surface area contributed by atoms with Crippen LogP contribution in [0.15, 0.2) is 30.6 Å². The molecule has 0 aliphatic carbocycles. The van der Waals surface area contributed by atoms with E-state index in [2.05, 4.69) is 10.4 Å². The van der Waals surface area contributed by atoms with Gasteiger partial charge in [0.15, 0.2) is 0 Å². The molecular formula is C16H17F2N5O2. The molecule has 1 aliphatic rings. The van der Waals surface area contributed by atoms with Crippen LogP contribution in [-0.2, 0) is 16.6 Å². The van der Waals surface area contributed by atoms with E-state index in [0.717, 1.165) is 17.8 Å². The Hall–Kier alpha value is -2.97. The molecule has 2 heterocycles. The van der Waals surface area contributed by atoms with Crippen molar-refractivity contribution in [2.45, 2.75) is 12.5 Å². The Bertz CT molecular complexity index is 787. The zero-order valence-corrected chi connectivity index (χ0v) is 13.5. The number of rotatable bonds is 3. The third-order valence-corrected chi connectivity index (χ3v) is 3.99. The SMILES string of the molecule is Cn1cc(N2CC[C@@H](NC(=O)C(=O)Nc3c(F)cccc3F)C2)cn1. The van der Waals surface area contributed by atoms with Gasteiger partial charge >= 0.3 is 11.8 Å². The number of amides is 2. The Balaban J connectivity index is 1.56. The Kier molecular flexibility index (Phi) is 4.64. The predicted octanol–water partition coefficient (Wildman–Crippen LogP) is 1.03. The van der Waals surface area contributed by atoms with E-state index in [1.807, 2.05) is 23.5 Å². The van der Waals surface area contributed by atoms with Gasteiger partial charge in [-0.1, -0.05) is 6.07 Å². The van der Waals surface area contributed by atoms with Gasteiger partial charge in [0.2, 0.25) is 0 Å². The summed E-state index contributed by atoms with van der Waals surface area (Å²) in [6.07, 6.45) is 4.23. The number of hydrogen-bond donors (Lipinski definition) is 2. The first-order chi connectivity index (χ1) is 11.9. The average Bonchev–Trinajstić information content (AvgIpc) is 3.19. The van der Waals surface area contributed by atoms with Gasteiger partial charge in [-0.25, -0.2) is 8.78 Å². The molecule has 2 aromatic rings. The maximum absolute atomic E-state index is 13.5. The molecule has 2 N–H and O–H groups in total. The van der Waals surface area contributed by atoms with Gasteiger partial charge in [0.05, 0.1) is 11.9 Å². The fourth-order valence-electron chi connectivity index (χ4n) is 2.72. The van der Waals surface area contributed by atoms with Crippen molar-refractivity contribution < 1.29 is 18.4 Å². The van der Waals surface area contributed by atoms with E-state index >= 15 is 0 Å². The summed E-state index contributed by atoms with van der Waals surface area (Å²) in [5, 5.41) is 8.64. The Morgan fingerprint density at radius 1 is 1.24 bits per heavy atom. The van der Waals surface area contributed by atoms with Crippen LogP contribution in [0.1, 0.15) is 6.42 Å². The monoisotopic (exact) mass is 349 g/mol. The Labute approximate surface area is 142 Å². The van der Waals surface area contributed by atoms with Gasteiger partial charge in [0, 0.05) is 32.4 Å². The molecule has 1 aliphatic heterocycles. The van der Waals surface area contributed by atoms with Crippen molar-refractivity contribution in [1.82, 2.24) is 15.1 Å². The van der Waals surface area contributed by atoms with Crippen LogP contribution in [0, 0.1) is 11.6 Å². The highest BCUT2D eigenvalue weighted by Crippen LogP contribution is 2.20. The number of carbonyl (C=O) groups excluding carboxylic acids is 2. The van der Waals surface area contributed by atoms with Crippen LogP contribution in [0.4, 0.5) is 20.2 Å². The summed E-state index contributed by atoms with van der Waals surface area (Å²) >= 11 is 0. The predicted molar refractivity (Wildman–Crippen MR) is 87.0 cm³/mol. The smallest absolute Gasteiger partial charge is 0.313 e. The van der Waals surface area contributed by atoms with Crippen molar-refractivity contribution in [2.24, 2.45) is 7.05 Å².